The maximum Gasteiger partial charge on any atom is 0.295 e. The third-order valence-electron chi connectivity index (χ3n) is 2.36. The molecule has 0 aliphatic heterocycles. The van der Waals surface area contributed by atoms with E-state index in [1.54, 1.807) is 0 Å². The van der Waals surface area contributed by atoms with Crippen molar-refractivity contribution < 1.29 is 13.7 Å². The molecule has 0 aromatic heterocycles. The van der Waals surface area contributed by atoms with E-state index in [0.29, 0.717) is 4.90 Å². The molecule has 0 bridgehead atoms. The summed E-state index contributed by atoms with van der Waals surface area (Å²) in [6, 6.07) is 7.88. The van der Waals surface area contributed by atoms with Gasteiger partial charge in [0.1, 0.15) is 11.5 Å². The molecule has 0 radical (unpaired) electrons. The summed E-state index contributed by atoms with van der Waals surface area (Å²) in [7, 11) is 0. The van der Waals surface area contributed by atoms with Crippen LogP contribution in [-0.4, -0.2) is 4.92 Å². The van der Waals surface area contributed by atoms with Crippen LogP contribution in [-0.2, 0) is 0 Å². The van der Waals surface area contributed by atoms with Gasteiger partial charge in [0.25, 0.3) is 5.69 Å². The van der Waals surface area contributed by atoms with Gasteiger partial charge in [-0.15, -0.1) is 0 Å². The molecule has 0 heterocycles. The molecule has 2 rings (SSSR count). The lowest BCUT2D eigenvalue weighted by molar-refractivity contribution is -0.384. The smallest absolute Gasteiger partial charge is 0.295 e. The fourth-order valence-electron chi connectivity index (χ4n) is 1.43. The fourth-order valence-corrected chi connectivity index (χ4v) is 2.29. The van der Waals surface area contributed by atoms with Gasteiger partial charge in [-0.05, 0) is 30.3 Å². The number of hydrogen-bond acceptors (Lipinski definition) is 4. The SMILES string of the molecule is Nc1c([N+](=O)[O-])ccc(Sc2ccc(F)cc2)c1F. The first-order valence-electron chi connectivity index (χ1n) is 5.15. The van der Waals surface area contributed by atoms with Crippen LogP contribution in [0.4, 0.5) is 20.2 Å². The Balaban J connectivity index is 2.34. The summed E-state index contributed by atoms with van der Waals surface area (Å²) >= 11 is 1.01. The van der Waals surface area contributed by atoms with Crippen molar-refractivity contribution in [3.8, 4) is 0 Å². The number of hydrogen-bond donors (Lipinski definition) is 1. The van der Waals surface area contributed by atoms with Gasteiger partial charge >= 0.3 is 0 Å². The Labute approximate surface area is 111 Å². The standard InChI is InChI=1S/C12H8F2N2O2S/c13-7-1-3-8(4-2-7)19-10-6-5-9(16(17)18)12(15)11(10)14/h1-6H,15H2. The van der Waals surface area contributed by atoms with Crippen LogP contribution in [0.25, 0.3) is 0 Å². The van der Waals surface area contributed by atoms with Crippen LogP contribution in [0, 0.1) is 21.7 Å². The first-order chi connectivity index (χ1) is 8.99. The molecule has 0 amide bonds. The maximum atomic E-state index is 13.9. The van der Waals surface area contributed by atoms with Crippen LogP contribution in [0.5, 0.6) is 0 Å². The van der Waals surface area contributed by atoms with E-state index in [-0.39, 0.29) is 4.90 Å². The van der Waals surface area contributed by atoms with Crippen molar-refractivity contribution >= 4 is 23.1 Å². The van der Waals surface area contributed by atoms with Crippen LogP contribution >= 0.6 is 11.8 Å². The van der Waals surface area contributed by atoms with Crippen molar-refractivity contribution in [2.75, 3.05) is 5.73 Å². The topological polar surface area (TPSA) is 69.2 Å². The van der Waals surface area contributed by atoms with Crippen molar-refractivity contribution in [2.24, 2.45) is 0 Å². The number of halogens is 2. The zero-order chi connectivity index (χ0) is 14.0. The normalized spacial score (nSPS) is 10.4. The second kappa shape index (κ2) is 5.23. The van der Waals surface area contributed by atoms with Gasteiger partial charge in [0, 0.05) is 11.0 Å². The van der Waals surface area contributed by atoms with Crippen LogP contribution in [0.3, 0.4) is 0 Å². The average molecular weight is 282 g/mol. The van der Waals surface area contributed by atoms with Gasteiger partial charge < -0.3 is 5.73 Å². The first-order valence-corrected chi connectivity index (χ1v) is 5.96. The van der Waals surface area contributed by atoms with Gasteiger partial charge in [-0.25, -0.2) is 8.78 Å². The third kappa shape index (κ3) is 2.82. The monoisotopic (exact) mass is 282 g/mol. The average Bonchev–Trinajstić information content (AvgIpc) is 2.37. The molecule has 0 spiro atoms. The number of nitro benzene ring substituents is 1. The second-order valence-electron chi connectivity index (χ2n) is 3.62. The van der Waals surface area contributed by atoms with Crippen molar-refractivity contribution in [2.45, 2.75) is 9.79 Å². The fraction of sp³-hybridized carbons (Fsp3) is 0. The molecule has 2 N–H and O–H groups in total. The summed E-state index contributed by atoms with van der Waals surface area (Å²) in [5, 5.41) is 10.6. The summed E-state index contributed by atoms with van der Waals surface area (Å²) in [4.78, 5) is 10.6. The zero-order valence-electron chi connectivity index (χ0n) is 9.47. The first kappa shape index (κ1) is 13.3. The van der Waals surface area contributed by atoms with Crippen LogP contribution in [0.1, 0.15) is 0 Å². The summed E-state index contributed by atoms with van der Waals surface area (Å²) in [5.74, 6) is -1.24. The summed E-state index contributed by atoms with van der Waals surface area (Å²) in [6.45, 7) is 0. The van der Waals surface area contributed by atoms with Crippen molar-refractivity contribution in [1.29, 1.82) is 0 Å². The van der Waals surface area contributed by atoms with E-state index in [0.717, 1.165) is 17.8 Å². The Kier molecular flexibility index (Phi) is 3.66. The molecule has 0 saturated heterocycles. The molecule has 98 valence electrons. The predicted octanol–water partition coefficient (Wildman–Crippen LogP) is 3.61. The zero-order valence-corrected chi connectivity index (χ0v) is 10.3. The van der Waals surface area contributed by atoms with Gasteiger partial charge in [-0.1, -0.05) is 11.8 Å². The summed E-state index contributed by atoms with van der Waals surface area (Å²) in [6.07, 6.45) is 0. The lowest BCUT2D eigenvalue weighted by Crippen LogP contribution is -1.99. The van der Waals surface area contributed by atoms with E-state index in [2.05, 4.69) is 0 Å². The van der Waals surface area contributed by atoms with Crippen LogP contribution < -0.4 is 5.73 Å². The highest BCUT2D eigenvalue weighted by Gasteiger charge is 2.18. The van der Waals surface area contributed by atoms with Gasteiger partial charge in [-0.2, -0.15) is 0 Å². The molecule has 0 saturated carbocycles. The highest BCUT2D eigenvalue weighted by Crippen LogP contribution is 2.35. The predicted molar refractivity (Wildman–Crippen MR) is 68.0 cm³/mol. The lowest BCUT2D eigenvalue weighted by Gasteiger charge is -2.05. The van der Waals surface area contributed by atoms with E-state index < -0.39 is 27.9 Å². The van der Waals surface area contributed by atoms with Crippen molar-refractivity contribution in [3.05, 3.63) is 58.1 Å². The van der Waals surface area contributed by atoms with E-state index in [1.807, 2.05) is 0 Å². The molecule has 0 aliphatic carbocycles. The molecular weight excluding hydrogens is 274 g/mol. The summed E-state index contributed by atoms with van der Waals surface area (Å²) in [5.41, 5.74) is 4.40. The molecule has 0 fully saturated rings. The lowest BCUT2D eigenvalue weighted by atomic mass is 10.2. The molecule has 7 heteroatoms. The quantitative estimate of drug-likeness (QED) is 0.530. The molecule has 0 atom stereocenters. The Hall–Kier alpha value is -2.15. The molecular formula is C12H8F2N2O2S. The Morgan fingerprint density at radius 1 is 1.11 bits per heavy atom. The minimum absolute atomic E-state index is 0.148. The molecule has 4 nitrogen and oxygen atoms in total. The maximum absolute atomic E-state index is 13.9. The highest BCUT2D eigenvalue weighted by atomic mass is 32.2. The molecule has 2 aromatic carbocycles. The summed E-state index contributed by atoms with van der Waals surface area (Å²) < 4.78 is 26.6. The van der Waals surface area contributed by atoms with Gasteiger partial charge in [0.2, 0.25) is 0 Å². The van der Waals surface area contributed by atoms with E-state index >= 15 is 0 Å². The van der Waals surface area contributed by atoms with Gasteiger partial charge in [0.15, 0.2) is 5.82 Å². The minimum atomic E-state index is -0.844. The highest BCUT2D eigenvalue weighted by molar-refractivity contribution is 7.99. The Morgan fingerprint density at radius 2 is 1.74 bits per heavy atom. The number of anilines is 1. The molecule has 2 aromatic rings. The van der Waals surface area contributed by atoms with Gasteiger partial charge in [-0.3, -0.25) is 10.1 Å². The molecule has 0 unspecified atom stereocenters. The third-order valence-corrected chi connectivity index (χ3v) is 3.40. The Bertz CT molecular complexity index is 632. The van der Waals surface area contributed by atoms with E-state index in [4.69, 9.17) is 5.73 Å². The number of nitrogens with two attached hydrogens (primary N) is 1. The number of nitrogen functional groups attached to an aromatic ring is 1. The van der Waals surface area contributed by atoms with Gasteiger partial charge in [0.05, 0.1) is 9.82 Å². The second-order valence-corrected chi connectivity index (χ2v) is 4.74. The van der Waals surface area contributed by atoms with Crippen molar-refractivity contribution in [3.63, 3.8) is 0 Å². The van der Waals surface area contributed by atoms with E-state index in [9.17, 15) is 18.9 Å². The number of nitro groups is 1. The van der Waals surface area contributed by atoms with E-state index in [1.165, 1.54) is 30.3 Å². The molecule has 0 aliphatic rings. The Morgan fingerprint density at radius 3 is 2.32 bits per heavy atom. The largest absolute Gasteiger partial charge is 0.391 e. The number of nitrogens with zero attached hydrogens (tertiary/aromatic N) is 1. The number of rotatable bonds is 3. The van der Waals surface area contributed by atoms with Crippen LogP contribution in [0.15, 0.2) is 46.2 Å². The number of benzene rings is 2. The molecule has 19 heavy (non-hydrogen) atoms. The van der Waals surface area contributed by atoms with Crippen molar-refractivity contribution in [1.82, 2.24) is 0 Å². The minimum Gasteiger partial charge on any atom is -0.391 e. The van der Waals surface area contributed by atoms with Crippen LogP contribution in [0.2, 0.25) is 0 Å².